The molecule has 0 saturated heterocycles. The molecule has 1 heterocycles. The van der Waals surface area contributed by atoms with Gasteiger partial charge >= 0.3 is 5.97 Å². The quantitative estimate of drug-likeness (QED) is 0.773. The zero-order chi connectivity index (χ0) is 14.5. The van der Waals surface area contributed by atoms with Crippen LogP contribution in [0.2, 0.25) is 0 Å². The number of hydrogen-bond donors (Lipinski definition) is 3. The largest absolute Gasteiger partial charge is 0.481 e. The van der Waals surface area contributed by atoms with E-state index < -0.39 is 5.97 Å². The summed E-state index contributed by atoms with van der Waals surface area (Å²) in [5.41, 5.74) is 6.91. The number of carboxylic acid groups (broad SMARTS) is 1. The van der Waals surface area contributed by atoms with E-state index in [2.05, 4.69) is 10.3 Å². The van der Waals surface area contributed by atoms with E-state index >= 15 is 0 Å². The molecule has 0 fully saturated rings. The van der Waals surface area contributed by atoms with E-state index in [-0.39, 0.29) is 12.3 Å². The molecule has 0 spiro atoms. The molecule has 0 aliphatic rings. The van der Waals surface area contributed by atoms with E-state index in [4.69, 9.17) is 10.8 Å². The lowest BCUT2D eigenvalue weighted by Gasteiger charge is -2.05. The van der Waals surface area contributed by atoms with Crippen LogP contribution in [0.1, 0.15) is 21.1 Å². The average molecular weight is 291 g/mol. The maximum absolute atomic E-state index is 12.0. The number of carbonyl (C=O) groups is 2. The highest BCUT2D eigenvalue weighted by atomic mass is 32.1. The number of carbonyl (C=O) groups excluding carboxylic acids is 1. The van der Waals surface area contributed by atoms with Gasteiger partial charge in [0.25, 0.3) is 5.91 Å². The van der Waals surface area contributed by atoms with Crippen molar-refractivity contribution >= 4 is 28.9 Å². The first-order valence-corrected chi connectivity index (χ1v) is 6.73. The Morgan fingerprint density at radius 1 is 1.40 bits per heavy atom. The van der Waals surface area contributed by atoms with E-state index in [1.807, 2.05) is 0 Å². The second kappa shape index (κ2) is 6.27. The molecule has 4 N–H and O–H groups in total. The van der Waals surface area contributed by atoms with Gasteiger partial charge in [-0.05, 0) is 17.7 Å². The van der Waals surface area contributed by atoms with Gasteiger partial charge in [-0.3, -0.25) is 9.59 Å². The van der Waals surface area contributed by atoms with Gasteiger partial charge in [0.1, 0.15) is 10.7 Å². The summed E-state index contributed by atoms with van der Waals surface area (Å²) in [7, 11) is 0. The summed E-state index contributed by atoms with van der Waals surface area (Å²) in [5, 5.41) is 13.7. The molecule has 20 heavy (non-hydrogen) atoms. The summed E-state index contributed by atoms with van der Waals surface area (Å²) < 4.78 is 0. The number of aliphatic carboxylic acids is 1. The maximum atomic E-state index is 12.0. The van der Waals surface area contributed by atoms with Crippen molar-refractivity contribution in [1.29, 1.82) is 0 Å². The van der Waals surface area contributed by atoms with Gasteiger partial charge in [0.15, 0.2) is 0 Å². The number of nitrogens with zero attached hydrogens (tertiary/aromatic N) is 1. The minimum absolute atomic E-state index is 0.0856. The zero-order valence-corrected chi connectivity index (χ0v) is 11.3. The van der Waals surface area contributed by atoms with Crippen molar-refractivity contribution in [3.05, 3.63) is 45.9 Å². The van der Waals surface area contributed by atoms with Crippen molar-refractivity contribution in [2.75, 3.05) is 5.32 Å². The number of amides is 1. The lowest BCUT2D eigenvalue weighted by atomic mass is 10.1. The number of benzene rings is 1. The Hall–Kier alpha value is -2.25. The van der Waals surface area contributed by atoms with Gasteiger partial charge in [0.2, 0.25) is 0 Å². The second-order valence-corrected chi connectivity index (χ2v) is 5.00. The zero-order valence-electron chi connectivity index (χ0n) is 10.5. The van der Waals surface area contributed by atoms with Crippen molar-refractivity contribution in [2.45, 2.75) is 13.0 Å². The Morgan fingerprint density at radius 3 is 2.85 bits per heavy atom. The maximum Gasteiger partial charge on any atom is 0.307 e. The van der Waals surface area contributed by atoms with E-state index in [1.54, 1.807) is 29.6 Å². The van der Waals surface area contributed by atoms with Crippen LogP contribution < -0.4 is 11.1 Å². The predicted molar refractivity (Wildman–Crippen MR) is 75.7 cm³/mol. The molecule has 2 rings (SSSR count). The van der Waals surface area contributed by atoms with Crippen LogP contribution in [0, 0.1) is 0 Å². The van der Waals surface area contributed by atoms with Crippen molar-refractivity contribution in [1.82, 2.24) is 4.98 Å². The molecule has 1 amide bonds. The summed E-state index contributed by atoms with van der Waals surface area (Å²) in [6.45, 7) is 0.298. The molecule has 6 nitrogen and oxygen atoms in total. The van der Waals surface area contributed by atoms with Crippen molar-refractivity contribution in [3.8, 4) is 0 Å². The SMILES string of the molecule is NCc1nc(C(=O)Nc2cccc(CC(=O)O)c2)cs1. The number of anilines is 1. The van der Waals surface area contributed by atoms with Crippen molar-refractivity contribution < 1.29 is 14.7 Å². The monoisotopic (exact) mass is 291 g/mol. The Bertz CT molecular complexity index is 639. The predicted octanol–water partition coefficient (Wildman–Crippen LogP) is 1.48. The van der Waals surface area contributed by atoms with Gasteiger partial charge in [-0.1, -0.05) is 12.1 Å². The van der Waals surface area contributed by atoms with Crippen LogP contribution in [0.15, 0.2) is 29.6 Å². The smallest absolute Gasteiger partial charge is 0.307 e. The van der Waals surface area contributed by atoms with E-state index in [0.29, 0.717) is 28.5 Å². The molecule has 0 saturated carbocycles. The van der Waals surface area contributed by atoms with Crippen LogP contribution >= 0.6 is 11.3 Å². The molecule has 1 aromatic heterocycles. The molecule has 1 aromatic carbocycles. The summed E-state index contributed by atoms with van der Waals surface area (Å²) in [6.07, 6.45) is -0.0856. The Balaban J connectivity index is 2.09. The summed E-state index contributed by atoms with van der Waals surface area (Å²) >= 11 is 1.33. The topological polar surface area (TPSA) is 105 Å². The van der Waals surface area contributed by atoms with Crippen LogP contribution in [0.5, 0.6) is 0 Å². The molecule has 0 aliphatic heterocycles. The van der Waals surface area contributed by atoms with Gasteiger partial charge in [-0.25, -0.2) is 4.98 Å². The van der Waals surface area contributed by atoms with Crippen LogP contribution in [-0.2, 0) is 17.8 Å². The van der Waals surface area contributed by atoms with E-state index in [0.717, 1.165) is 0 Å². The normalized spacial score (nSPS) is 10.2. The lowest BCUT2D eigenvalue weighted by Crippen LogP contribution is -2.13. The molecule has 0 aliphatic carbocycles. The molecule has 0 bridgehead atoms. The molecule has 2 aromatic rings. The molecule has 0 radical (unpaired) electrons. The molecule has 7 heteroatoms. The Morgan fingerprint density at radius 2 is 2.20 bits per heavy atom. The first-order valence-electron chi connectivity index (χ1n) is 5.85. The number of aromatic nitrogens is 1. The van der Waals surface area contributed by atoms with Gasteiger partial charge < -0.3 is 16.2 Å². The number of thiazole rings is 1. The average Bonchev–Trinajstić information content (AvgIpc) is 2.87. The molecule has 104 valence electrons. The number of nitrogens with one attached hydrogen (secondary N) is 1. The minimum Gasteiger partial charge on any atom is -0.481 e. The highest BCUT2D eigenvalue weighted by Crippen LogP contribution is 2.14. The van der Waals surface area contributed by atoms with Crippen LogP contribution in [0.25, 0.3) is 0 Å². The highest BCUT2D eigenvalue weighted by Gasteiger charge is 2.11. The van der Waals surface area contributed by atoms with Crippen molar-refractivity contribution in [3.63, 3.8) is 0 Å². The fourth-order valence-electron chi connectivity index (χ4n) is 1.64. The number of hydrogen-bond acceptors (Lipinski definition) is 5. The third-order valence-electron chi connectivity index (χ3n) is 2.50. The van der Waals surface area contributed by atoms with Crippen LogP contribution in [0.4, 0.5) is 5.69 Å². The van der Waals surface area contributed by atoms with Crippen LogP contribution in [-0.4, -0.2) is 22.0 Å². The fraction of sp³-hybridized carbons (Fsp3) is 0.154. The highest BCUT2D eigenvalue weighted by molar-refractivity contribution is 7.09. The van der Waals surface area contributed by atoms with E-state index in [9.17, 15) is 9.59 Å². The lowest BCUT2D eigenvalue weighted by molar-refractivity contribution is -0.136. The standard InChI is InChI=1S/C13H13N3O3S/c14-6-11-16-10(7-20-11)13(19)15-9-3-1-2-8(4-9)5-12(17)18/h1-4,7H,5-6,14H2,(H,15,19)(H,17,18). The van der Waals surface area contributed by atoms with Gasteiger partial charge in [-0.2, -0.15) is 0 Å². The molecule has 0 atom stereocenters. The first kappa shape index (κ1) is 14.2. The molecular weight excluding hydrogens is 278 g/mol. The summed E-state index contributed by atoms with van der Waals surface area (Å²) in [5.74, 6) is -1.26. The van der Waals surface area contributed by atoms with Gasteiger partial charge in [-0.15, -0.1) is 11.3 Å². The second-order valence-electron chi connectivity index (χ2n) is 4.06. The van der Waals surface area contributed by atoms with Gasteiger partial charge in [0, 0.05) is 17.6 Å². The molecular formula is C13H13N3O3S. The van der Waals surface area contributed by atoms with E-state index in [1.165, 1.54) is 11.3 Å². The number of rotatable bonds is 5. The van der Waals surface area contributed by atoms with Crippen molar-refractivity contribution in [2.24, 2.45) is 5.73 Å². The molecule has 0 unspecified atom stereocenters. The number of carboxylic acids is 1. The summed E-state index contributed by atoms with van der Waals surface area (Å²) in [4.78, 5) is 26.7. The fourth-order valence-corrected chi connectivity index (χ4v) is 2.29. The Kier molecular flexibility index (Phi) is 4.44. The first-order chi connectivity index (χ1) is 9.58. The van der Waals surface area contributed by atoms with Gasteiger partial charge in [0.05, 0.1) is 6.42 Å². The number of nitrogens with two attached hydrogens (primary N) is 1. The van der Waals surface area contributed by atoms with Crippen LogP contribution in [0.3, 0.4) is 0 Å². The third-order valence-corrected chi connectivity index (χ3v) is 3.37. The minimum atomic E-state index is -0.916. The Labute approximate surface area is 119 Å². The third kappa shape index (κ3) is 3.62. The summed E-state index contributed by atoms with van der Waals surface area (Å²) in [6, 6.07) is 6.71.